The Kier molecular flexibility index (Phi) is 5.36. The van der Waals surface area contributed by atoms with Crippen LogP contribution in [0, 0.1) is 12.8 Å². The molecule has 3 nitrogen and oxygen atoms in total. The minimum absolute atomic E-state index is 0.0833. The summed E-state index contributed by atoms with van der Waals surface area (Å²) >= 11 is 0. The molecule has 1 aromatic rings. The van der Waals surface area contributed by atoms with Crippen molar-refractivity contribution in [3.8, 4) is 0 Å². The van der Waals surface area contributed by atoms with Crippen molar-refractivity contribution in [1.82, 2.24) is 4.90 Å². The molecular formula is C17H23NO2. The molecule has 1 heterocycles. The maximum absolute atomic E-state index is 12.2. The molecule has 1 fully saturated rings. The van der Waals surface area contributed by atoms with Crippen molar-refractivity contribution in [3.63, 3.8) is 0 Å². The van der Waals surface area contributed by atoms with Gasteiger partial charge in [-0.15, -0.1) is 0 Å². The van der Waals surface area contributed by atoms with Crippen molar-refractivity contribution in [2.24, 2.45) is 5.92 Å². The van der Waals surface area contributed by atoms with E-state index in [0.717, 1.165) is 38.3 Å². The molecule has 1 unspecified atom stereocenters. The van der Waals surface area contributed by atoms with Crippen LogP contribution >= 0.6 is 0 Å². The fourth-order valence-electron chi connectivity index (χ4n) is 2.36. The summed E-state index contributed by atoms with van der Waals surface area (Å²) < 4.78 is 5.37. The van der Waals surface area contributed by atoms with Gasteiger partial charge in [-0.3, -0.25) is 4.79 Å². The van der Waals surface area contributed by atoms with Gasteiger partial charge in [-0.25, -0.2) is 0 Å². The Labute approximate surface area is 121 Å². The molecule has 0 saturated carbocycles. The quantitative estimate of drug-likeness (QED) is 0.772. The third-order valence-corrected chi connectivity index (χ3v) is 3.69. The van der Waals surface area contributed by atoms with Gasteiger partial charge >= 0.3 is 0 Å². The Morgan fingerprint density at radius 3 is 2.75 bits per heavy atom. The van der Waals surface area contributed by atoms with Gasteiger partial charge in [-0.1, -0.05) is 29.8 Å². The second kappa shape index (κ2) is 7.25. The number of carbonyl (C=O) groups is 1. The summed E-state index contributed by atoms with van der Waals surface area (Å²) in [6.07, 6.45) is 4.62. The first-order chi connectivity index (χ1) is 9.69. The normalized spacial score (nSPS) is 18.6. The molecule has 1 aliphatic rings. The van der Waals surface area contributed by atoms with Gasteiger partial charge in [0, 0.05) is 31.7 Å². The van der Waals surface area contributed by atoms with Crippen molar-refractivity contribution in [1.29, 1.82) is 0 Å². The van der Waals surface area contributed by atoms with Gasteiger partial charge in [0.25, 0.3) is 0 Å². The van der Waals surface area contributed by atoms with E-state index in [1.807, 2.05) is 30.0 Å². The Balaban J connectivity index is 1.92. The molecule has 0 aliphatic carbocycles. The Bertz CT molecular complexity index is 458. The van der Waals surface area contributed by atoms with Crippen LogP contribution < -0.4 is 0 Å². The van der Waals surface area contributed by atoms with Gasteiger partial charge in [-0.05, 0) is 31.9 Å². The van der Waals surface area contributed by atoms with Crippen LogP contribution in [0.3, 0.4) is 0 Å². The fraction of sp³-hybridized carbons (Fsp3) is 0.471. The van der Waals surface area contributed by atoms with E-state index in [-0.39, 0.29) is 5.91 Å². The molecule has 1 atom stereocenters. The number of nitrogens with zero attached hydrogens (tertiary/aromatic N) is 1. The van der Waals surface area contributed by atoms with Crippen molar-refractivity contribution >= 4 is 12.0 Å². The first-order valence-corrected chi connectivity index (χ1v) is 7.30. The summed E-state index contributed by atoms with van der Waals surface area (Å²) in [6.45, 7) is 7.23. The van der Waals surface area contributed by atoms with Crippen molar-refractivity contribution in [2.75, 3.05) is 26.3 Å². The molecule has 2 rings (SSSR count). The second-order valence-electron chi connectivity index (χ2n) is 5.35. The van der Waals surface area contributed by atoms with E-state index in [1.54, 1.807) is 6.08 Å². The molecule has 1 aliphatic heterocycles. The molecule has 108 valence electrons. The van der Waals surface area contributed by atoms with Crippen molar-refractivity contribution in [3.05, 3.63) is 41.5 Å². The Hall–Kier alpha value is -1.61. The highest BCUT2D eigenvalue weighted by molar-refractivity contribution is 5.91. The highest BCUT2D eigenvalue weighted by Gasteiger charge is 2.20. The zero-order chi connectivity index (χ0) is 14.4. The number of hydrogen-bond donors (Lipinski definition) is 0. The lowest BCUT2D eigenvalue weighted by Gasteiger charge is -2.22. The number of benzene rings is 1. The molecule has 20 heavy (non-hydrogen) atoms. The van der Waals surface area contributed by atoms with Gasteiger partial charge in [0.15, 0.2) is 0 Å². The minimum Gasteiger partial charge on any atom is -0.381 e. The Morgan fingerprint density at radius 2 is 2.15 bits per heavy atom. The lowest BCUT2D eigenvalue weighted by molar-refractivity contribution is -0.126. The molecule has 3 heteroatoms. The summed E-state index contributed by atoms with van der Waals surface area (Å²) in [6, 6.07) is 8.16. The molecule has 0 spiro atoms. The van der Waals surface area contributed by atoms with E-state index in [4.69, 9.17) is 4.74 Å². The molecule has 0 N–H and O–H groups in total. The summed E-state index contributed by atoms with van der Waals surface area (Å²) in [5, 5.41) is 0. The van der Waals surface area contributed by atoms with Crippen LogP contribution in [0.1, 0.15) is 24.5 Å². The van der Waals surface area contributed by atoms with E-state index in [9.17, 15) is 4.79 Å². The van der Waals surface area contributed by atoms with Crippen LogP contribution in [0.25, 0.3) is 6.08 Å². The third kappa shape index (κ3) is 4.20. The summed E-state index contributed by atoms with van der Waals surface area (Å²) in [4.78, 5) is 14.1. The van der Waals surface area contributed by atoms with E-state index in [2.05, 4.69) is 19.1 Å². The summed E-state index contributed by atoms with van der Waals surface area (Å²) in [5.41, 5.74) is 2.29. The number of ether oxygens (including phenoxy) is 1. The maximum Gasteiger partial charge on any atom is 0.246 e. The number of carbonyl (C=O) groups excluding carboxylic acids is 1. The molecule has 0 aromatic heterocycles. The average Bonchev–Trinajstić information content (AvgIpc) is 2.97. The van der Waals surface area contributed by atoms with E-state index in [0.29, 0.717) is 5.92 Å². The largest absolute Gasteiger partial charge is 0.381 e. The number of hydrogen-bond acceptors (Lipinski definition) is 2. The van der Waals surface area contributed by atoms with Crippen LogP contribution in [-0.4, -0.2) is 37.1 Å². The minimum atomic E-state index is 0.0833. The fourth-order valence-corrected chi connectivity index (χ4v) is 2.36. The summed E-state index contributed by atoms with van der Waals surface area (Å²) in [5.74, 6) is 0.576. The highest BCUT2D eigenvalue weighted by Crippen LogP contribution is 2.14. The molecular weight excluding hydrogens is 250 g/mol. The molecule has 1 aromatic carbocycles. The zero-order valence-corrected chi connectivity index (χ0v) is 12.3. The third-order valence-electron chi connectivity index (χ3n) is 3.69. The maximum atomic E-state index is 12.2. The van der Waals surface area contributed by atoms with Crippen LogP contribution in [0.4, 0.5) is 0 Å². The monoisotopic (exact) mass is 273 g/mol. The molecule has 0 bridgehead atoms. The average molecular weight is 273 g/mol. The smallest absolute Gasteiger partial charge is 0.246 e. The number of amides is 1. The highest BCUT2D eigenvalue weighted by atomic mass is 16.5. The Morgan fingerprint density at radius 1 is 1.40 bits per heavy atom. The van der Waals surface area contributed by atoms with Gasteiger partial charge in [0.05, 0.1) is 6.61 Å². The SMILES string of the molecule is CCN(CC1CCOC1)C(=O)/C=C/c1ccc(C)cc1. The van der Waals surface area contributed by atoms with Crippen molar-refractivity contribution < 1.29 is 9.53 Å². The first kappa shape index (κ1) is 14.8. The molecule has 1 amide bonds. The van der Waals surface area contributed by atoms with E-state index >= 15 is 0 Å². The standard InChI is InChI=1S/C17H23NO2/c1-3-18(12-16-10-11-20-13-16)17(19)9-8-15-6-4-14(2)5-7-15/h4-9,16H,3,10-13H2,1-2H3/b9-8+. The zero-order valence-electron chi connectivity index (χ0n) is 12.3. The number of rotatable bonds is 5. The first-order valence-electron chi connectivity index (χ1n) is 7.30. The summed E-state index contributed by atoms with van der Waals surface area (Å²) in [7, 11) is 0. The van der Waals surface area contributed by atoms with Crippen LogP contribution in [0.2, 0.25) is 0 Å². The van der Waals surface area contributed by atoms with Crippen LogP contribution in [0.15, 0.2) is 30.3 Å². The topological polar surface area (TPSA) is 29.5 Å². The second-order valence-corrected chi connectivity index (χ2v) is 5.35. The van der Waals surface area contributed by atoms with E-state index < -0.39 is 0 Å². The molecule has 1 saturated heterocycles. The van der Waals surface area contributed by atoms with Gasteiger partial charge in [-0.2, -0.15) is 0 Å². The van der Waals surface area contributed by atoms with Gasteiger partial charge in [0.2, 0.25) is 5.91 Å². The van der Waals surface area contributed by atoms with Crippen LogP contribution in [0.5, 0.6) is 0 Å². The van der Waals surface area contributed by atoms with Gasteiger partial charge < -0.3 is 9.64 Å². The number of likely N-dealkylation sites (N-methyl/N-ethyl adjacent to an activating group) is 1. The lowest BCUT2D eigenvalue weighted by atomic mass is 10.1. The van der Waals surface area contributed by atoms with Crippen LogP contribution in [-0.2, 0) is 9.53 Å². The van der Waals surface area contributed by atoms with E-state index in [1.165, 1.54) is 5.56 Å². The molecule has 0 radical (unpaired) electrons. The van der Waals surface area contributed by atoms with Crippen molar-refractivity contribution in [2.45, 2.75) is 20.3 Å². The number of aryl methyl sites for hydroxylation is 1. The predicted octanol–water partition coefficient (Wildman–Crippen LogP) is 2.89. The predicted molar refractivity (Wildman–Crippen MR) is 81.4 cm³/mol. The lowest BCUT2D eigenvalue weighted by Crippen LogP contribution is -2.34. The van der Waals surface area contributed by atoms with Gasteiger partial charge in [0.1, 0.15) is 0 Å².